The first-order valence-corrected chi connectivity index (χ1v) is 10.5. The zero-order chi connectivity index (χ0) is 23.7. The first-order chi connectivity index (χ1) is 16.5. The first-order valence-electron chi connectivity index (χ1n) is 10.5. The molecule has 0 amide bonds. The van der Waals surface area contributed by atoms with Crippen LogP contribution in [0.15, 0.2) is 60.1 Å². The van der Waals surface area contributed by atoms with Crippen LogP contribution in [0.2, 0.25) is 0 Å². The highest BCUT2D eigenvalue weighted by Crippen LogP contribution is 2.32. The van der Waals surface area contributed by atoms with Crippen LogP contribution in [0.5, 0.6) is 0 Å². The van der Waals surface area contributed by atoms with E-state index < -0.39 is 31.1 Å². The number of ether oxygens (including phenoxy) is 1. The maximum atomic E-state index is 10.3. The number of hydrazone groups is 1. The van der Waals surface area contributed by atoms with E-state index in [1.54, 1.807) is 12.4 Å². The Labute approximate surface area is 193 Å². The molecule has 0 saturated carbocycles. The van der Waals surface area contributed by atoms with Crippen molar-refractivity contribution in [3.8, 4) is 11.3 Å². The van der Waals surface area contributed by atoms with E-state index in [0.717, 1.165) is 16.8 Å². The molecule has 1 fully saturated rings. The van der Waals surface area contributed by atoms with Gasteiger partial charge in [-0.1, -0.05) is 30.3 Å². The Morgan fingerprint density at radius 2 is 1.91 bits per heavy atom. The number of hydrogen-bond acceptors (Lipinski definition) is 11. The Balaban J connectivity index is 1.34. The van der Waals surface area contributed by atoms with E-state index in [9.17, 15) is 15.3 Å². The first kappa shape index (κ1) is 21.9. The summed E-state index contributed by atoms with van der Waals surface area (Å²) in [6, 6.07) is 13.5. The summed E-state index contributed by atoms with van der Waals surface area (Å²) >= 11 is 0. The molecule has 5 rings (SSSR count). The lowest BCUT2D eigenvalue weighted by Gasteiger charge is -2.16. The predicted octanol–water partition coefficient (Wildman–Crippen LogP) is 0.528. The Kier molecular flexibility index (Phi) is 5.86. The largest absolute Gasteiger partial charge is 0.394 e. The summed E-state index contributed by atoms with van der Waals surface area (Å²) < 4.78 is 7.00. The third-order valence-corrected chi connectivity index (χ3v) is 5.49. The van der Waals surface area contributed by atoms with Gasteiger partial charge in [-0.2, -0.15) is 15.1 Å². The lowest BCUT2D eigenvalue weighted by atomic mass is 10.1. The summed E-state index contributed by atoms with van der Waals surface area (Å²) in [5, 5.41) is 33.9. The van der Waals surface area contributed by atoms with Gasteiger partial charge in [0.1, 0.15) is 23.8 Å². The second-order valence-electron chi connectivity index (χ2n) is 7.69. The summed E-state index contributed by atoms with van der Waals surface area (Å²) in [6.45, 7) is -0.442. The molecule has 1 aromatic carbocycles. The van der Waals surface area contributed by atoms with Gasteiger partial charge in [-0.25, -0.2) is 10.4 Å². The number of hydrogen-bond donors (Lipinski definition) is 5. The highest BCUT2D eigenvalue weighted by atomic mass is 16.6. The number of nitrogens with zero attached hydrogens (tertiary/aromatic N) is 6. The van der Waals surface area contributed by atoms with Crippen LogP contribution >= 0.6 is 0 Å². The number of nitrogens with one attached hydrogen (secondary N) is 1. The molecule has 4 heterocycles. The monoisotopic (exact) mass is 462 g/mol. The van der Waals surface area contributed by atoms with Crippen LogP contribution < -0.4 is 11.2 Å². The minimum atomic E-state index is -1.28. The number of fused-ring (bicyclic) bond motifs is 1. The zero-order valence-electron chi connectivity index (χ0n) is 17.8. The highest BCUT2D eigenvalue weighted by Gasteiger charge is 2.44. The van der Waals surface area contributed by atoms with E-state index in [0.29, 0.717) is 5.52 Å². The van der Waals surface area contributed by atoms with Crippen molar-refractivity contribution in [1.29, 1.82) is 0 Å². The maximum absolute atomic E-state index is 10.3. The number of aromatic nitrogens is 5. The van der Waals surface area contributed by atoms with Gasteiger partial charge in [0.05, 0.1) is 24.8 Å². The zero-order valence-corrected chi connectivity index (χ0v) is 17.8. The molecule has 0 unspecified atom stereocenters. The number of nitrogens with two attached hydrogens (primary N) is 1. The molecule has 1 aliphatic heterocycles. The molecule has 0 bridgehead atoms. The summed E-state index contributed by atoms with van der Waals surface area (Å²) in [5.41, 5.74) is 12.1. The smallest absolute Gasteiger partial charge is 0.247 e. The van der Waals surface area contributed by atoms with E-state index >= 15 is 0 Å². The minimum absolute atomic E-state index is 0.105. The van der Waals surface area contributed by atoms with Crippen molar-refractivity contribution in [2.24, 2.45) is 5.10 Å². The standard InChI is InChI=1S/C22H22N8O4/c23-19-16-20(30(11-25-16)21-18(33)17(32)15(10-31)34-21)28-22(27-19)29-26-9-12-4-6-13(7-5-12)14-3-1-2-8-24-14/h1-9,11,15,17-18,21,31-33H,10H2,(H3,23,27,28,29)/b26-9+/t15-,17-,18-,21-/m1/s1. The van der Waals surface area contributed by atoms with Gasteiger partial charge in [0, 0.05) is 11.8 Å². The van der Waals surface area contributed by atoms with E-state index in [2.05, 4.69) is 30.5 Å². The lowest BCUT2D eigenvalue weighted by Crippen LogP contribution is -2.33. The Bertz CT molecular complexity index is 1310. The molecule has 3 aromatic heterocycles. The SMILES string of the molecule is Nc1nc(N/N=C/c2ccc(-c3ccccn3)cc2)nc2c1ncn2[C@@H]1O[C@H](CO)[C@@H](O)[C@H]1O. The fourth-order valence-corrected chi connectivity index (χ4v) is 3.72. The molecular formula is C22H22N8O4. The minimum Gasteiger partial charge on any atom is -0.394 e. The molecule has 0 radical (unpaired) electrons. The number of pyridine rings is 1. The van der Waals surface area contributed by atoms with E-state index in [4.69, 9.17) is 10.5 Å². The molecule has 1 aliphatic rings. The van der Waals surface area contributed by atoms with Gasteiger partial charge in [0.2, 0.25) is 5.95 Å². The van der Waals surface area contributed by atoms with Crippen LogP contribution in [0.4, 0.5) is 11.8 Å². The summed E-state index contributed by atoms with van der Waals surface area (Å²) in [7, 11) is 0. The summed E-state index contributed by atoms with van der Waals surface area (Å²) in [5.74, 6) is 0.216. The molecule has 4 aromatic rings. The quantitative estimate of drug-likeness (QED) is 0.201. The number of aliphatic hydroxyl groups excluding tert-OH is 3. The van der Waals surface area contributed by atoms with Gasteiger partial charge in [-0.3, -0.25) is 9.55 Å². The van der Waals surface area contributed by atoms with Crippen LogP contribution in [0.3, 0.4) is 0 Å². The third kappa shape index (κ3) is 4.06. The molecule has 4 atom stereocenters. The molecule has 12 nitrogen and oxygen atoms in total. The Hall–Kier alpha value is -3.97. The number of imidazole rings is 1. The molecule has 1 saturated heterocycles. The lowest BCUT2D eigenvalue weighted by molar-refractivity contribution is -0.0511. The average molecular weight is 462 g/mol. The molecule has 0 spiro atoms. The fourth-order valence-electron chi connectivity index (χ4n) is 3.72. The van der Waals surface area contributed by atoms with Crippen molar-refractivity contribution in [2.75, 3.05) is 17.8 Å². The van der Waals surface area contributed by atoms with Crippen molar-refractivity contribution < 1.29 is 20.1 Å². The number of rotatable bonds is 6. The third-order valence-electron chi connectivity index (χ3n) is 5.49. The molecule has 12 heteroatoms. The number of anilines is 2. The van der Waals surface area contributed by atoms with Gasteiger partial charge in [0.15, 0.2) is 17.7 Å². The topological polar surface area (TPSA) is 177 Å². The van der Waals surface area contributed by atoms with Crippen LogP contribution in [-0.4, -0.2) is 71.0 Å². The molecule has 0 aliphatic carbocycles. The maximum Gasteiger partial charge on any atom is 0.247 e. The average Bonchev–Trinajstić information content (AvgIpc) is 3.41. The van der Waals surface area contributed by atoms with E-state index in [-0.39, 0.29) is 17.4 Å². The molecular weight excluding hydrogens is 440 g/mol. The molecule has 6 N–H and O–H groups in total. The van der Waals surface area contributed by atoms with Crippen LogP contribution in [0, 0.1) is 0 Å². The van der Waals surface area contributed by atoms with Crippen LogP contribution in [-0.2, 0) is 4.74 Å². The van der Waals surface area contributed by atoms with Crippen molar-refractivity contribution in [1.82, 2.24) is 24.5 Å². The number of nitrogen functional groups attached to an aromatic ring is 1. The highest BCUT2D eigenvalue weighted by molar-refractivity contribution is 5.84. The van der Waals surface area contributed by atoms with Crippen LogP contribution in [0.1, 0.15) is 11.8 Å². The summed E-state index contributed by atoms with van der Waals surface area (Å²) in [6.07, 6.45) is 0.271. The molecule has 34 heavy (non-hydrogen) atoms. The van der Waals surface area contributed by atoms with Crippen molar-refractivity contribution in [3.63, 3.8) is 0 Å². The fraction of sp³-hybridized carbons (Fsp3) is 0.227. The Morgan fingerprint density at radius 1 is 1.09 bits per heavy atom. The summed E-state index contributed by atoms with van der Waals surface area (Å²) in [4.78, 5) is 17.0. The second-order valence-corrected chi connectivity index (χ2v) is 7.69. The van der Waals surface area contributed by atoms with Crippen molar-refractivity contribution >= 4 is 29.1 Å². The van der Waals surface area contributed by atoms with Crippen LogP contribution in [0.25, 0.3) is 22.4 Å². The van der Waals surface area contributed by atoms with Gasteiger partial charge in [-0.15, -0.1) is 0 Å². The van der Waals surface area contributed by atoms with E-state index in [1.807, 2.05) is 42.5 Å². The van der Waals surface area contributed by atoms with Gasteiger partial charge in [0.25, 0.3) is 0 Å². The van der Waals surface area contributed by atoms with E-state index in [1.165, 1.54) is 10.9 Å². The number of benzene rings is 1. The molecule has 174 valence electrons. The van der Waals surface area contributed by atoms with Crippen molar-refractivity contribution in [2.45, 2.75) is 24.5 Å². The van der Waals surface area contributed by atoms with Gasteiger partial charge >= 0.3 is 0 Å². The number of aliphatic hydroxyl groups is 3. The van der Waals surface area contributed by atoms with Gasteiger partial charge < -0.3 is 25.8 Å². The normalized spacial score (nSPS) is 22.6. The Morgan fingerprint density at radius 3 is 2.62 bits per heavy atom. The van der Waals surface area contributed by atoms with Crippen molar-refractivity contribution in [3.05, 3.63) is 60.6 Å². The second kappa shape index (κ2) is 9.11. The van der Waals surface area contributed by atoms with Gasteiger partial charge in [-0.05, 0) is 17.7 Å². The predicted molar refractivity (Wildman–Crippen MR) is 124 cm³/mol.